The molecule has 2 amide bonds. The first-order valence-electron chi connectivity index (χ1n) is 6.35. The van der Waals surface area contributed by atoms with Crippen LogP contribution in [0, 0.1) is 5.92 Å². The topological polar surface area (TPSA) is 86.7 Å². The van der Waals surface area contributed by atoms with Gasteiger partial charge in [0.2, 0.25) is 11.8 Å². The number of hydrogen-bond acceptors (Lipinski definition) is 4. The van der Waals surface area contributed by atoms with E-state index in [9.17, 15) is 14.4 Å². The van der Waals surface area contributed by atoms with Crippen LogP contribution in [0.4, 0.5) is 0 Å². The lowest BCUT2D eigenvalue weighted by atomic mass is 9.99. The number of hydrogen-bond donors (Lipinski definition) is 2. The third-order valence-corrected chi connectivity index (χ3v) is 3.88. The van der Waals surface area contributed by atoms with E-state index in [2.05, 4.69) is 5.32 Å². The second-order valence-electron chi connectivity index (χ2n) is 4.61. The molecule has 0 saturated carbocycles. The lowest BCUT2D eigenvalue weighted by Gasteiger charge is -2.30. The fourth-order valence-electron chi connectivity index (χ4n) is 1.97. The van der Waals surface area contributed by atoms with Crippen LogP contribution in [0.3, 0.4) is 0 Å². The van der Waals surface area contributed by atoms with Crippen molar-refractivity contribution in [3.05, 3.63) is 0 Å². The minimum Gasteiger partial charge on any atom is -0.481 e. The summed E-state index contributed by atoms with van der Waals surface area (Å²) in [6.45, 7) is 3.63. The Hall–Kier alpha value is -1.24. The molecule has 1 aliphatic rings. The van der Waals surface area contributed by atoms with Crippen molar-refractivity contribution >= 4 is 29.5 Å². The monoisotopic (exact) mass is 288 g/mol. The minimum absolute atomic E-state index is 0.0739. The van der Waals surface area contributed by atoms with E-state index < -0.39 is 5.97 Å². The summed E-state index contributed by atoms with van der Waals surface area (Å²) in [6, 6.07) is 0. The number of likely N-dealkylation sites (tertiary alicyclic amines) is 1. The molecular weight excluding hydrogens is 268 g/mol. The molecule has 0 radical (unpaired) electrons. The fraction of sp³-hybridized carbons (Fsp3) is 0.750. The number of aliphatic carboxylic acids is 1. The Morgan fingerprint density at radius 2 is 2.21 bits per heavy atom. The number of nitrogens with zero attached hydrogens (tertiary/aromatic N) is 1. The molecule has 0 aromatic carbocycles. The van der Waals surface area contributed by atoms with Crippen molar-refractivity contribution in [2.45, 2.75) is 19.8 Å². The highest BCUT2D eigenvalue weighted by molar-refractivity contribution is 8.00. The second-order valence-corrected chi connectivity index (χ2v) is 5.59. The van der Waals surface area contributed by atoms with Crippen LogP contribution in [-0.4, -0.2) is 58.9 Å². The molecular formula is C12H20N2O4S. The van der Waals surface area contributed by atoms with Gasteiger partial charge < -0.3 is 15.3 Å². The van der Waals surface area contributed by atoms with Gasteiger partial charge in [-0.1, -0.05) is 6.92 Å². The number of carboxylic acids is 1. The van der Waals surface area contributed by atoms with Gasteiger partial charge >= 0.3 is 5.97 Å². The molecule has 1 fully saturated rings. The lowest BCUT2D eigenvalue weighted by molar-refractivity contribution is -0.138. The Balaban J connectivity index is 2.14. The zero-order valence-electron chi connectivity index (χ0n) is 11.1. The first-order chi connectivity index (χ1) is 9.00. The van der Waals surface area contributed by atoms with E-state index in [0.29, 0.717) is 13.1 Å². The van der Waals surface area contributed by atoms with E-state index in [1.54, 1.807) is 4.90 Å². The third-order valence-electron chi connectivity index (χ3n) is 2.96. The van der Waals surface area contributed by atoms with Crippen LogP contribution >= 0.6 is 11.8 Å². The van der Waals surface area contributed by atoms with Crippen LogP contribution in [-0.2, 0) is 14.4 Å². The molecule has 7 heteroatoms. The molecule has 108 valence electrons. The molecule has 0 aliphatic carbocycles. The van der Waals surface area contributed by atoms with Crippen molar-refractivity contribution in [3.8, 4) is 0 Å². The summed E-state index contributed by atoms with van der Waals surface area (Å²) in [5.41, 5.74) is 0. The van der Waals surface area contributed by atoms with Crippen molar-refractivity contribution in [3.63, 3.8) is 0 Å². The van der Waals surface area contributed by atoms with E-state index in [1.165, 1.54) is 0 Å². The summed E-state index contributed by atoms with van der Waals surface area (Å²) in [4.78, 5) is 35.2. The maximum atomic E-state index is 11.8. The van der Waals surface area contributed by atoms with E-state index in [0.717, 1.165) is 31.1 Å². The standard InChI is InChI=1S/C12H20N2O4S/c1-9-3-2-5-14(12(9)18)6-4-13-10(15)7-19-8-11(16)17/h9H,2-8H2,1H3,(H,13,15)(H,16,17)/t9-/m1/s1. The largest absolute Gasteiger partial charge is 0.481 e. The zero-order valence-corrected chi connectivity index (χ0v) is 11.9. The summed E-state index contributed by atoms with van der Waals surface area (Å²) >= 11 is 1.06. The number of amides is 2. The Morgan fingerprint density at radius 1 is 1.47 bits per heavy atom. The van der Waals surface area contributed by atoms with Crippen LogP contribution < -0.4 is 5.32 Å². The Labute approximate surface area is 116 Å². The first kappa shape index (κ1) is 15.8. The van der Waals surface area contributed by atoms with Gasteiger partial charge in [0.15, 0.2) is 0 Å². The van der Waals surface area contributed by atoms with Crippen LogP contribution in [0.5, 0.6) is 0 Å². The van der Waals surface area contributed by atoms with Gasteiger partial charge in [0.25, 0.3) is 0 Å². The second kappa shape index (κ2) is 8.04. The number of piperidine rings is 1. The summed E-state index contributed by atoms with van der Waals surface area (Å²) in [5.74, 6) is -0.822. The molecule has 19 heavy (non-hydrogen) atoms. The maximum absolute atomic E-state index is 11.8. The molecule has 1 aliphatic heterocycles. The maximum Gasteiger partial charge on any atom is 0.313 e. The number of nitrogens with one attached hydrogen (secondary N) is 1. The summed E-state index contributed by atoms with van der Waals surface area (Å²) in [7, 11) is 0. The van der Waals surface area contributed by atoms with Crippen LogP contribution in [0.15, 0.2) is 0 Å². The van der Waals surface area contributed by atoms with Gasteiger partial charge in [0.05, 0.1) is 11.5 Å². The Morgan fingerprint density at radius 3 is 2.89 bits per heavy atom. The highest BCUT2D eigenvalue weighted by atomic mass is 32.2. The predicted molar refractivity (Wildman–Crippen MR) is 72.9 cm³/mol. The Bertz CT molecular complexity index is 349. The highest BCUT2D eigenvalue weighted by Gasteiger charge is 2.24. The van der Waals surface area contributed by atoms with Crippen molar-refractivity contribution in [2.75, 3.05) is 31.1 Å². The van der Waals surface area contributed by atoms with E-state index in [4.69, 9.17) is 5.11 Å². The van der Waals surface area contributed by atoms with E-state index in [-0.39, 0.29) is 29.2 Å². The zero-order chi connectivity index (χ0) is 14.3. The third kappa shape index (κ3) is 5.96. The molecule has 2 N–H and O–H groups in total. The van der Waals surface area contributed by atoms with Crippen LogP contribution in [0.2, 0.25) is 0 Å². The molecule has 0 aromatic rings. The lowest BCUT2D eigenvalue weighted by Crippen LogP contribution is -2.44. The van der Waals surface area contributed by atoms with Crippen LogP contribution in [0.25, 0.3) is 0 Å². The fourth-order valence-corrected chi connectivity index (χ4v) is 2.53. The Kier molecular flexibility index (Phi) is 6.69. The smallest absolute Gasteiger partial charge is 0.313 e. The number of carboxylic acid groups (broad SMARTS) is 1. The molecule has 1 atom stereocenters. The number of carbonyl (C=O) groups excluding carboxylic acids is 2. The quantitative estimate of drug-likeness (QED) is 0.698. The number of thioether (sulfide) groups is 1. The average Bonchev–Trinajstić information content (AvgIpc) is 2.34. The summed E-state index contributed by atoms with van der Waals surface area (Å²) in [6.07, 6.45) is 1.95. The molecule has 6 nitrogen and oxygen atoms in total. The summed E-state index contributed by atoms with van der Waals surface area (Å²) < 4.78 is 0. The molecule has 0 spiro atoms. The normalized spacial score (nSPS) is 19.3. The molecule has 0 aromatic heterocycles. The van der Waals surface area contributed by atoms with Gasteiger partial charge in [-0.05, 0) is 12.8 Å². The SMILES string of the molecule is C[C@@H]1CCCN(CCNC(=O)CSCC(=O)O)C1=O. The van der Waals surface area contributed by atoms with Crippen molar-refractivity contribution in [1.29, 1.82) is 0 Å². The molecule has 1 saturated heterocycles. The van der Waals surface area contributed by atoms with Gasteiger partial charge in [-0.3, -0.25) is 14.4 Å². The highest BCUT2D eigenvalue weighted by Crippen LogP contribution is 2.16. The first-order valence-corrected chi connectivity index (χ1v) is 7.51. The van der Waals surface area contributed by atoms with Crippen LogP contribution in [0.1, 0.15) is 19.8 Å². The van der Waals surface area contributed by atoms with Gasteiger partial charge in [-0.15, -0.1) is 11.8 Å². The molecule has 0 bridgehead atoms. The van der Waals surface area contributed by atoms with Gasteiger partial charge in [-0.2, -0.15) is 0 Å². The number of carbonyl (C=O) groups is 3. The van der Waals surface area contributed by atoms with E-state index >= 15 is 0 Å². The van der Waals surface area contributed by atoms with Gasteiger partial charge in [-0.25, -0.2) is 0 Å². The van der Waals surface area contributed by atoms with Crippen molar-refractivity contribution < 1.29 is 19.5 Å². The van der Waals surface area contributed by atoms with Crippen molar-refractivity contribution in [1.82, 2.24) is 10.2 Å². The van der Waals surface area contributed by atoms with Crippen molar-refractivity contribution in [2.24, 2.45) is 5.92 Å². The molecule has 1 heterocycles. The average molecular weight is 288 g/mol. The van der Waals surface area contributed by atoms with Gasteiger partial charge in [0, 0.05) is 25.6 Å². The predicted octanol–water partition coefficient (Wildman–Crippen LogP) is 0.179. The van der Waals surface area contributed by atoms with Gasteiger partial charge in [0.1, 0.15) is 0 Å². The molecule has 0 unspecified atom stereocenters. The molecule has 1 rings (SSSR count). The minimum atomic E-state index is -0.925. The summed E-state index contributed by atoms with van der Waals surface area (Å²) in [5, 5.41) is 11.1. The van der Waals surface area contributed by atoms with E-state index in [1.807, 2.05) is 6.92 Å². The number of rotatable bonds is 7.